The van der Waals surface area contributed by atoms with Crippen LogP contribution in [0.2, 0.25) is 5.02 Å². The van der Waals surface area contributed by atoms with Gasteiger partial charge in [0, 0.05) is 22.2 Å². The van der Waals surface area contributed by atoms with E-state index in [4.69, 9.17) is 11.6 Å². The van der Waals surface area contributed by atoms with E-state index < -0.39 is 17.8 Å². The Morgan fingerprint density at radius 3 is 2.59 bits per heavy atom. The molecule has 2 aromatic rings. The normalized spacial score (nSPS) is 13.9. The quantitative estimate of drug-likeness (QED) is 0.852. The lowest BCUT2D eigenvalue weighted by Crippen LogP contribution is -2.21. The minimum Gasteiger partial charge on any atom is -0.379 e. The van der Waals surface area contributed by atoms with E-state index in [1.807, 2.05) is 0 Å². The van der Waals surface area contributed by atoms with Crippen molar-refractivity contribution >= 4 is 22.5 Å². The van der Waals surface area contributed by atoms with Crippen molar-refractivity contribution in [2.45, 2.75) is 12.3 Å². The lowest BCUT2D eigenvalue weighted by molar-refractivity contribution is -0.206. The highest BCUT2D eigenvalue weighted by molar-refractivity contribution is 6.32. The van der Waals surface area contributed by atoms with E-state index in [2.05, 4.69) is 4.98 Å². The number of fused-ring (bicyclic) bond motifs is 1. The Morgan fingerprint density at radius 2 is 1.94 bits per heavy atom. The molecule has 90 valence electrons. The summed E-state index contributed by atoms with van der Waals surface area (Å²) in [5, 5.41) is 9.63. The predicted octanol–water partition coefficient (Wildman–Crippen LogP) is 3.48. The molecule has 1 atom stereocenters. The van der Waals surface area contributed by atoms with Crippen molar-refractivity contribution < 1.29 is 18.3 Å². The second-order valence-electron chi connectivity index (χ2n) is 3.48. The van der Waals surface area contributed by atoms with E-state index in [0.717, 1.165) is 0 Å². The standard InChI is InChI=1S/C11H7ClF3NO/c12-7-4-3-6-2-1-5-16-9(6)8(7)10(17)11(13,14)15/h1-5,10,17H/t10-/m1/s1. The van der Waals surface area contributed by atoms with Crippen molar-refractivity contribution in [2.24, 2.45) is 0 Å². The van der Waals surface area contributed by atoms with Crippen LogP contribution in [0.4, 0.5) is 13.2 Å². The van der Waals surface area contributed by atoms with E-state index >= 15 is 0 Å². The Labute approximate surface area is 99.7 Å². The number of hydrogen-bond acceptors (Lipinski definition) is 2. The van der Waals surface area contributed by atoms with Gasteiger partial charge in [0.15, 0.2) is 6.10 Å². The summed E-state index contributed by atoms with van der Waals surface area (Å²) in [4.78, 5) is 3.83. The van der Waals surface area contributed by atoms with E-state index in [0.29, 0.717) is 5.39 Å². The van der Waals surface area contributed by atoms with Crippen molar-refractivity contribution in [1.82, 2.24) is 4.98 Å². The number of alkyl halides is 3. The lowest BCUT2D eigenvalue weighted by atomic mass is 10.0. The molecular formula is C11H7ClF3NO. The maximum atomic E-state index is 12.5. The molecule has 1 N–H and O–H groups in total. The van der Waals surface area contributed by atoms with E-state index in [9.17, 15) is 18.3 Å². The van der Waals surface area contributed by atoms with Crippen LogP contribution in [0.1, 0.15) is 11.7 Å². The number of hydrogen-bond donors (Lipinski definition) is 1. The third-order valence-electron chi connectivity index (χ3n) is 2.34. The summed E-state index contributed by atoms with van der Waals surface area (Å²) in [7, 11) is 0. The summed E-state index contributed by atoms with van der Waals surface area (Å²) in [5.41, 5.74) is -0.345. The summed E-state index contributed by atoms with van der Waals surface area (Å²) < 4.78 is 37.5. The fourth-order valence-electron chi connectivity index (χ4n) is 1.57. The van der Waals surface area contributed by atoms with Gasteiger partial charge in [-0.2, -0.15) is 13.2 Å². The average Bonchev–Trinajstić information content (AvgIpc) is 2.27. The van der Waals surface area contributed by atoms with Gasteiger partial charge in [-0.25, -0.2) is 0 Å². The zero-order valence-electron chi connectivity index (χ0n) is 8.37. The molecule has 1 heterocycles. The Kier molecular flexibility index (Phi) is 2.97. The first-order valence-electron chi connectivity index (χ1n) is 4.69. The number of benzene rings is 1. The van der Waals surface area contributed by atoms with Gasteiger partial charge in [0.1, 0.15) is 0 Å². The largest absolute Gasteiger partial charge is 0.418 e. The fourth-order valence-corrected chi connectivity index (χ4v) is 1.82. The fraction of sp³-hybridized carbons (Fsp3) is 0.182. The van der Waals surface area contributed by atoms with Crippen LogP contribution in [0.15, 0.2) is 30.5 Å². The van der Waals surface area contributed by atoms with Crippen molar-refractivity contribution in [2.75, 3.05) is 0 Å². The average molecular weight is 262 g/mol. The van der Waals surface area contributed by atoms with Gasteiger partial charge in [0.05, 0.1) is 5.52 Å². The number of nitrogens with zero attached hydrogens (tertiary/aromatic N) is 1. The molecule has 0 bridgehead atoms. The molecular weight excluding hydrogens is 255 g/mol. The molecule has 0 spiro atoms. The Bertz CT molecular complexity index is 556. The third-order valence-corrected chi connectivity index (χ3v) is 2.67. The van der Waals surface area contributed by atoms with Crippen LogP contribution in [0.5, 0.6) is 0 Å². The topological polar surface area (TPSA) is 33.1 Å². The maximum Gasteiger partial charge on any atom is 0.418 e. The molecule has 0 amide bonds. The molecule has 0 saturated heterocycles. The Balaban J connectivity index is 2.71. The summed E-state index contributed by atoms with van der Waals surface area (Å²) in [6.07, 6.45) is -6.05. The lowest BCUT2D eigenvalue weighted by Gasteiger charge is -2.17. The summed E-state index contributed by atoms with van der Waals surface area (Å²) in [6, 6.07) is 6.07. The zero-order valence-corrected chi connectivity index (χ0v) is 9.13. The van der Waals surface area contributed by atoms with Crippen LogP contribution in [-0.4, -0.2) is 16.3 Å². The summed E-state index contributed by atoms with van der Waals surface area (Å²) >= 11 is 5.70. The first-order chi connectivity index (χ1) is 7.91. The molecule has 0 fully saturated rings. The van der Waals surface area contributed by atoms with Crippen molar-refractivity contribution in [3.63, 3.8) is 0 Å². The Morgan fingerprint density at radius 1 is 1.24 bits per heavy atom. The van der Waals surface area contributed by atoms with Gasteiger partial charge >= 0.3 is 6.18 Å². The highest BCUT2D eigenvalue weighted by atomic mass is 35.5. The Hall–Kier alpha value is -1.33. The predicted molar refractivity (Wildman–Crippen MR) is 57.8 cm³/mol. The summed E-state index contributed by atoms with van der Waals surface area (Å²) in [5.74, 6) is 0. The van der Waals surface area contributed by atoms with E-state index in [1.54, 1.807) is 18.2 Å². The number of rotatable bonds is 1. The van der Waals surface area contributed by atoms with Crippen LogP contribution in [-0.2, 0) is 0 Å². The van der Waals surface area contributed by atoms with Crippen LogP contribution in [0.3, 0.4) is 0 Å². The smallest absolute Gasteiger partial charge is 0.379 e. The molecule has 17 heavy (non-hydrogen) atoms. The molecule has 1 aromatic heterocycles. The van der Waals surface area contributed by atoms with Crippen molar-refractivity contribution in [1.29, 1.82) is 0 Å². The van der Waals surface area contributed by atoms with Crippen LogP contribution in [0.25, 0.3) is 10.9 Å². The molecule has 0 aliphatic rings. The van der Waals surface area contributed by atoms with E-state index in [1.165, 1.54) is 12.3 Å². The monoisotopic (exact) mass is 261 g/mol. The van der Waals surface area contributed by atoms with Gasteiger partial charge in [-0.1, -0.05) is 23.7 Å². The minimum absolute atomic E-state index is 0.0600. The minimum atomic E-state index is -4.77. The molecule has 0 radical (unpaired) electrons. The number of aromatic nitrogens is 1. The third kappa shape index (κ3) is 2.21. The number of pyridine rings is 1. The molecule has 0 saturated carbocycles. The van der Waals surface area contributed by atoms with Gasteiger partial charge in [-0.15, -0.1) is 0 Å². The van der Waals surface area contributed by atoms with Crippen LogP contribution >= 0.6 is 11.6 Å². The van der Waals surface area contributed by atoms with Crippen LogP contribution < -0.4 is 0 Å². The van der Waals surface area contributed by atoms with Gasteiger partial charge in [0.2, 0.25) is 0 Å². The molecule has 1 aromatic carbocycles. The van der Waals surface area contributed by atoms with Gasteiger partial charge in [0.25, 0.3) is 0 Å². The molecule has 0 aliphatic carbocycles. The van der Waals surface area contributed by atoms with Gasteiger partial charge in [-0.05, 0) is 12.1 Å². The second kappa shape index (κ2) is 4.16. The molecule has 2 nitrogen and oxygen atoms in total. The van der Waals surface area contributed by atoms with E-state index in [-0.39, 0.29) is 10.5 Å². The number of halogens is 4. The molecule has 0 unspecified atom stereocenters. The second-order valence-corrected chi connectivity index (χ2v) is 3.89. The van der Waals surface area contributed by atoms with Gasteiger partial charge < -0.3 is 5.11 Å². The number of aliphatic hydroxyl groups excluding tert-OH is 1. The zero-order chi connectivity index (χ0) is 12.6. The van der Waals surface area contributed by atoms with Crippen LogP contribution in [0, 0.1) is 0 Å². The van der Waals surface area contributed by atoms with Crippen molar-refractivity contribution in [3.8, 4) is 0 Å². The maximum absolute atomic E-state index is 12.5. The first kappa shape index (κ1) is 12.1. The highest BCUT2D eigenvalue weighted by Crippen LogP contribution is 2.39. The SMILES string of the molecule is O[C@H](c1c(Cl)ccc2cccnc12)C(F)(F)F. The summed E-state index contributed by atoms with van der Waals surface area (Å²) in [6.45, 7) is 0. The van der Waals surface area contributed by atoms with Gasteiger partial charge in [-0.3, -0.25) is 4.98 Å². The van der Waals surface area contributed by atoms with Crippen molar-refractivity contribution in [3.05, 3.63) is 41.0 Å². The molecule has 2 rings (SSSR count). The first-order valence-corrected chi connectivity index (χ1v) is 5.07. The molecule has 0 aliphatic heterocycles. The number of aliphatic hydroxyl groups is 1. The molecule has 6 heteroatoms. The highest BCUT2D eigenvalue weighted by Gasteiger charge is 2.41.